The summed E-state index contributed by atoms with van der Waals surface area (Å²) in [6.07, 6.45) is 2.34. The summed E-state index contributed by atoms with van der Waals surface area (Å²) in [5, 5.41) is 9.80. The standard InChI is InChI=1S/C14H16N2O3/c1-3-19-14(18)12(17)10-4-6-11(7-5-10)13-15-8-9-16(13)2/h4-9,12,17H,3H2,1-2H3. The van der Waals surface area contributed by atoms with E-state index in [-0.39, 0.29) is 6.61 Å². The monoisotopic (exact) mass is 260 g/mol. The van der Waals surface area contributed by atoms with Crippen LogP contribution in [0.25, 0.3) is 11.4 Å². The number of aliphatic hydroxyl groups excluding tert-OH is 1. The molecule has 0 aliphatic rings. The van der Waals surface area contributed by atoms with Gasteiger partial charge in [-0.25, -0.2) is 9.78 Å². The summed E-state index contributed by atoms with van der Waals surface area (Å²) in [5.74, 6) is 0.199. The summed E-state index contributed by atoms with van der Waals surface area (Å²) >= 11 is 0. The number of carbonyl (C=O) groups excluding carboxylic acids is 1. The van der Waals surface area contributed by atoms with Crippen LogP contribution in [0.15, 0.2) is 36.7 Å². The molecule has 0 bridgehead atoms. The van der Waals surface area contributed by atoms with Gasteiger partial charge in [-0.05, 0) is 12.5 Å². The number of imidazole rings is 1. The van der Waals surface area contributed by atoms with Crippen molar-refractivity contribution in [2.75, 3.05) is 6.61 Å². The highest BCUT2D eigenvalue weighted by atomic mass is 16.5. The van der Waals surface area contributed by atoms with Crippen molar-refractivity contribution in [2.24, 2.45) is 7.05 Å². The molecule has 5 nitrogen and oxygen atoms in total. The lowest BCUT2D eigenvalue weighted by Gasteiger charge is -2.10. The molecular formula is C14H16N2O3. The molecule has 2 aromatic rings. The largest absolute Gasteiger partial charge is 0.464 e. The fourth-order valence-electron chi connectivity index (χ4n) is 1.82. The number of aliphatic hydroxyl groups is 1. The minimum atomic E-state index is -1.24. The average Bonchev–Trinajstić information content (AvgIpc) is 2.84. The van der Waals surface area contributed by atoms with Gasteiger partial charge in [-0.15, -0.1) is 0 Å². The Morgan fingerprint density at radius 3 is 2.63 bits per heavy atom. The zero-order valence-corrected chi connectivity index (χ0v) is 10.9. The fourth-order valence-corrected chi connectivity index (χ4v) is 1.82. The molecule has 1 aromatic carbocycles. The molecule has 0 aliphatic carbocycles. The second-order valence-corrected chi connectivity index (χ2v) is 4.14. The molecule has 100 valence electrons. The van der Waals surface area contributed by atoms with Crippen molar-refractivity contribution in [1.82, 2.24) is 9.55 Å². The van der Waals surface area contributed by atoms with Crippen LogP contribution in [0, 0.1) is 0 Å². The molecular weight excluding hydrogens is 244 g/mol. The number of hydrogen-bond donors (Lipinski definition) is 1. The number of aromatic nitrogens is 2. The zero-order chi connectivity index (χ0) is 13.8. The molecule has 0 saturated heterocycles. The van der Waals surface area contributed by atoms with E-state index in [0.29, 0.717) is 5.56 Å². The van der Waals surface area contributed by atoms with Gasteiger partial charge in [0.2, 0.25) is 0 Å². The lowest BCUT2D eigenvalue weighted by Crippen LogP contribution is -2.15. The molecule has 0 radical (unpaired) electrons. The van der Waals surface area contributed by atoms with Gasteiger partial charge in [-0.2, -0.15) is 0 Å². The second kappa shape index (κ2) is 5.67. The molecule has 0 fully saturated rings. The Balaban J connectivity index is 2.19. The first kappa shape index (κ1) is 13.3. The van der Waals surface area contributed by atoms with Crippen LogP contribution < -0.4 is 0 Å². The van der Waals surface area contributed by atoms with Crippen molar-refractivity contribution >= 4 is 5.97 Å². The van der Waals surface area contributed by atoms with Crippen LogP contribution >= 0.6 is 0 Å². The van der Waals surface area contributed by atoms with Crippen molar-refractivity contribution < 1.29 is 14.6 Å². The molecule has 1 unspecified atom stereocenters. The number of nitrogens with zero attached hydrogens (tertiary/aromatic N) is 2. The molecule has 0 spiro atoms. The van der Waals surface area contributed by atoms with Crippen molar-refractivity contribution in [3.63, 3.8) is 0 Å². The summed E-state index contributed by atoms with van der Waals surface area (Å²) in [4.78, 5) is 15.7. The van der Waals surface area contributed by atoms with E-state index in [1.807, 2.05) is 29.9 Å². The van der Waals surface area contributed by atoms with E-state index in [9.17, 15) is 9.90 Å². The summed E-state index contributed by atoms with van der Waals surface area (Å²) in [7, 11) is 1.91. The van der Waals surface area contributed by atoms with Gasteiger partial charge in [0.1, 0.15) is 5.82 Å². The fraction of sp³-hybridized carbons (Fsp3) is 0.286. The lowest BCUT2D eigenvalue weighted by molar-refractivity contribution is -0.153. The van der Waals surface area contributed by atoms with Gasteiger partial charge in [-0.3, -0.25) is 0 Å². The highest BCUT2D eigenvalue weighted by molar-refractivity contribution is 5.76. The minimum absolute atomic E-state index is 0.251. The Labute approximate surface area is 111 Å². The number of rotatable bonds is 4. The summed E-state index contributed by atoms with van der Waals surface area (Å²) < 4.78 is 6.67. The predicted octanol–water partition coefficient (Wildman–Crippen LogP) is 1.68. The highest BCUT2D eigenvalue weighted by Crippen LogP contribution is 2.21. The maximum absolute atomic E-state index is 11.4. The summed E-state index contributed by atoms with van der Waals surface area (Å²) in [5.41, 5.74) is 1.43. The third kappa shape index (κ3) is 2.82. The number of carbonyl (C=O) groups is 1. The first-order valence-corrected chi connectivity index (χ1v) is 6.06. The third-order valence-corrected chi connectivity index (χ3v) is 2.82. The topological polar surface area (TPSA) is 64.3 Å². The van der Waals surface area contributed by atoms with E-state index >= 15 is 0 Å². The maximum atomic E-state index is 11.4. The van der Waals surface area contributed by atoms with Crippen LogP contribution in [0.5, 0.6) is 0 Å². The van der Waals surface area contributed by atoms with Crippen LogP contribution in [-0.2, 0) is 16.6 Å². The van der Waals surface area contributed by atoms with E-state index in [1.54, 1.807) is 25.3 Å². The third-order valence-electron chi connectivity index (χ3n) is 2.82. The van der Waals surface area contributed by atoms with Crippen molar-refractivity contribution in [3.05, 3.63) is 42.2 Å². The maximum Gasteiger partial charge on any atom is 0.339 e. The van der Waals surface area contributed by atoms with Gasteiger partial charge >= 0.3 is 5.97 Å². The quantitative estimate of drug-likeness (QED) is 0.849. The van der Waals surface area contributed by atoms with Crippen molar-refractivity contribution in [1.29, 1.82) is 0 Å². The molecule has 0 saturated carbocycles. The van der Waals surface area contributed by atoms with Gasteiger partial charge < -0.3 is 14.4 Å². The Kier molecular flexibility index (Phi) is 3.97. The molecule has 1 aromatic heterocycles. The molecule has 0 amide bonds. The van der Waals surface area contributed by atoms with Crippen LogP contribution in [-0.4, -0.2) is 27.2 Å². The first-order valence-electron chi connectivity index (χ1n) is 6.06. The molecule has 1 atom stereocenters. The van der Waals surface area contributed by atoms with Gasteiger partial charge in [-0.1, -0.05) is 24.3 Å². The molecule has 19 heavy (non-hydrogen) atoms. The number of benzene rings is 1. The van der Waals surface area contributed by atoms with E-state index < -0.39 is 12.1 Å². The predicted molar refractivity (Wildman–Crippen MR) is 70.2 cm³/mol. The Bertz CT molecular complexity index is 560. The number of aryl methyl sites for hydroxylation is 1. The molecule has 2 rings (SSSR count). The Hall–Kier alpha value is -2.14. The number of ether oxygens (including phenoxy) is 1. The van der Waals surface area contributed by atoms with E-state index in [1.165, 1.54) is 0 Å². The average molecular weight is 260 g/mol. The zero-order valence-electron chi connectivity index (χ0n) is 10.9. The Morgan fingerprint density at radius 2 is 2.11 bits per heavy atom. The van der Waals surface area contributed by atoms with E-state index in [4.69, 9.17) is 4.74 Å². The highest BCUT2D eigenvalue weighted by Gasteiger charge is 2.18. The molecule has 1 N–H and O–H groups in total. The van der Waals surface area contributed by atoms with E-state index in [0.717, 1.165) is 11.4 Å². The normalized spacial score (nSPS) is 12.2. The van der Waals surface area contributed by atoms with E-state index in [2.05, 4.69) is 4.98 Å². The van der Waals surface area contributed by atoms with Crippen LogP contribution in [0.1, 0.15) is 18.6 Å². The molecule has 5 heteroatoms. The van der Waals surface area contributed by atoms with Crippen molar-refractivity contribution in [2.45, 2.75) is 13.0 Å². The van der Waals surface area contributed by atoms with Crippen LogP contribution in [0.4, 0.5) is 0 Å². The molecule has 0 aliphatic heterocycles. The van der Waals surface area contributed by atoms with Crippen LogP contribution in [0.3, 0.4) is 0 Å². The van der Waals surface area contributed by atoms with Crippen molar-refractivity contribution in [3.8, 4) is 11.4 Å². The van der Waals surface area contributed by atoms with Crippen LogP contribution in [0.2, 0.25) is 0 Å². The van der Waals surface area contributed by atoms with Gasteiger partial charge in [0, 0.05) is 25.0 Å². The smallest absolute Gasteiger partial charge is 0.339 e. The lowest BCUT2D eigenvalue weighted by atomic mass is 10.1. The number of esters is 1. The Morgan fingerprint density at radius 1 is 1.42 bits per heavy atom. The number of hydrogen-bond acceptors (Lipinski definition) is 4. The molecule has 1 heterocycles. The SMILES string of the molecule is CCOC(=O)C(O)c1ccc(-c2nccn2C)cc1. The van der Waals surface area contributed by atoms with Gasteiger partial charge in [0.25, 0.3) is 0 Å². The summed E-state index contributed by atoms with van der Waals surface area (Å²) in [6, 6.07) is 7.04. The first-order chi connectivity index (χ1) is 9.13. The second-order valence-electron chi connectivity index (χ2n) is 4.14. The van der Waals surface area contributed by atoms with Gasteiger partial charge in [0.15, 0.2) is 6.10 Å². The van der Waals surface area contributed by atoms with Gasteiger partial charge in [0.05, 0.1) is 6.61 Å². The minimum Gasteiger partial charge on any atom is -0.464 e. The summed E-state index contributed by atoms with van der Waals surface area (Å²) in [6.45, 7) is 1.95.